The van der Waals surface area contributed by atoms with Gasteiger partial charge in [-0.2, -0.15) is 0 Å². The standard InChI is InChI=1S/C21H24N4O/c1-16-8-9-18(12-21(16)24-11-10-22-14-24)17(2)25(15-26)20-7-5-6-19(13-20)23(3)4/h5-15,17H,1-4H3/t17-/m0/s1. The van der Waals surface area contributed by atoms with E-state index in [9.17, 15) is 4.79 Å². The van der Waals surface area contributed by atoms with Crippen LogP contribution in [0.25, 0.3) is 5.69 Å². The highest BCUT2D eigenvalue weighted by atomic mass is 16.1. The number of hydrogen-bond donors (Lipinski definition) is 0. The predicted molar refractivity (Wildman–Crippen MR) is 106 cm³/mol. The third-order valence-electron chi connectivity index (χ3n) is 4.67. The maximum absolute atomic E-state index is 11.9. The first-order chi connectivity index (χ1) is 12.5. The van der Waals surface area contributed by atoms with Crippen LogP contribution in [0.4, 0.5) is 11.4 Å². The molecule has 0 bridgehead atoms. The summed E-state index contributed by atoms with van der Waals surface area (Å²) in [6.45, 7) is 4.11. The molecule has 134 valence electrons. The van der Waals surface area contributed by atoms with Crippen molar-refractivity contribution in [2.45, 2.75) is 19.9 Å². The van der Waals surface area contributed by atoms with Crippen molar-refractivity contribution in [1.29, 1.82) is 0 Å². The van der Waals surface area contributed by atoms with Gasteiger partial charge in [0.05, 0.1) is 12.4 Å². The van der Waals surface area contributed by atoms with E-state index < -0.39 is 0 Å². The van der Waals surface area contributed by atoms with Crippen LogP contribution in [0.15, 0.2) is 61.2 Å². The van der Waals surface area contributed by atoms with Crippen molar-refractivity contribution < 1.29 is 4.79 Å². The molecule has 0 saturated carbocycles. The molecule has 0 N–H and O–H groups in total. The Bertz CT molecular complexity index is 887. The quantitative estimate of drug-likeness (QED) is 0.633. The van der Waals surface area contributed by atoms with Gasteiger partial charge in [-0.3, -0.25) is 4.79 Å². The Balaban J connectivity index is 1.97. The van der Waals surface area contributed by atoms with Crippen LogP contribution in [0.1, 0.15) is 24.1 Å². The second-order valence-corrected chi connectivity index (χ2v) is 6.62. The minimum Gasteiger partial charge on any atom is -0.378 e. The highest BCUT2D eigenvalue weighted by Gasteiger charge is 2.18. The molecule has 1 amide bonds. The summed E-state index contributed by atoms with van der Waals surface area (Å²) in [7, 11) is 3.98. The lowest BCUT2D eigenvalue weighted by Gasteiger charge is -2.27. The van der Waals surface area contributed by atoms with E-state index in [2.05, 4.69) is 30.1 Å². The molecule has 1 heterocycles. The van der Waals surface area contributed by atoms with Crippen LogP contribution in [0.5, 0.6) is 0 Å². The molecule has 1 aromatic heterocycles. The van der Waals surface area contributed by atoms with Gasteiger partial charge in [0.25, 0.3) is 0 Å². The first-order valence-electron chi connectivity index (χ1n) is 8.61. The van der Waals surface area contributed by atoms with Crippen LogP contribution in [-0.2, 0) is 4.79 Å². The molecule has 0 unspecified atom stereocenters. The Hall–Kier alpha value is -3.08. The van der Waals surface area contributed by atoms with Crippen molar-refractivity contribution >= 4 is 17.8 Å². The van der Waals surface area contributed by atoms with Crippen molar-refractivity contribution in [2.75, 3.05) is 23.9 Å². The second kappa shape index (κ2) is 7.44. The number of anilines is 2. The molecule has 0 aliphatic carbocycles. The maximum Gasteiger partial charge on any atom is 0.214 e. The van der Waals surface area contributed by atoms with Crippen LogP contribution in [-0.4, -0.2) is 30.1 Å². The predicted octanol–water partition coefficient (Wildman–Crippen LogP) is 3.97. The van der Waals surface area contributed by atoms with Crippen molar-refractivity contribution in [2.24, 2.45) is 0 Å². The van der Waals surface area contributed by atoms with Gasteiger partial charge < -0.3 is 14.4 Å². The Morgan fingerprint density at radius 3 is 2.54 bits per heavy atom. The fourth-order valence-electron chi connectivity index (χ4n) is 3.03. The normalized spacial score (nSPS) is 11.8. The number of aromatic nitrogens is 2. The van der Waals surface area contributed by atoms with Gasteiger partial charge in [0.2, 0.25) is 6.41 Å². The summed E-state index contributed by atoms with van der Waals surface area (Å²) in [6.07, 6.45) is 6.37. The molecule has 0 radical (unpaired) electrons. The molecule has 3 aromatic rings. The van der Waals surface area contributed by atoms with Crippen molar-refractivity contribution in [3.05, 3.63) is 72.3 Å². The number of carbonyl (C=O) groups excluding carboxylic acids is 1. The molecule has 5 nitrogen and oxygen atoms in total. The van der Waals surface area contributed by atoms with Crippen molar-refractivity contribution in [1.82, 2.24) is 9.55 Å². The van der Waals surface area contributed by atoms with Crippen LogP contribution >= 0.6 is 0 Å². The summed E-state index contributed by atoms with van der Waals surface area (Å²) < 4.78 is 1.99. The maximum atomic E-state index is 11.9. The van der Waals surface area contributed by atoms with Crippen LogP contribution in [0, 0.1) is 6.92 Å². The van der Waals surface area contributed by atoms with Gasteiger partial charge in [0.1, 0.15) is 0 Å². The Morgan fingerprint density at radius 1 is 1.12 bits per heavy atom. The molecule has 3 rings (SSSR count). The minimum absolute atomic E-state index is 0.0900. The van der Waals surface area contributed by atoms with E-state index in [1.807, 2.05) is 60.9 Å². The molecule has 5 heteroatoms. The van der Waals surface area contributed by atoms with Crippen LogP contribution in [0.2, 0.25) is 0 Å². The lowest BCUT2D eigenvalue weighted by Crippen LogP contribution is -2.25. The molecule has 26 heavy (non-hydrogen) atoms. The average molecular weight is 348 g/mol. The highest BCUT2D eigenvalue weighted by molar-refractivity contribution is 5.78. The van der Waals surface area contributed by atoms with Crippen LogP contribution in [0.3, 0.4) is 0 Å². The number of nitrogens with zero attached hydrogens (tertiary/aromatic N) is 4. The summed E-state index contributed by atoms with van der Waals surface area (Å²) >= 11 is 0. The highest BCUT2D eigenvalue weighted by Crippen LogP contribution is 2.30. The molecular formula is C21H24N4O. The van der Waals surface area contributed by atoms with Crippen molar-refractivity contribution in [3.8, 4) is 5.69 Å². The Morgan fingerprint density at radius 2 is 1.88 bits per heavy atom. The van der Waals surface area contributed by atoms with E-state index in [1.165, 1.54) is 0 Å². The van der Waals surface area contributed by atoms with Gasteiger partial charge in [-0.1, -0.05) is 18.2 Å². The summed E-state index contributed by atoms with van der Waals surface area (Å²) in [6, 6.07) is 14.2. The zero-order valence-electron chi connectivity index (χ0n) is 15.6. The molecule has 0 aliphatic heterocycles. The number of aryl methyl sites for hydroxylation is 1. The van der Waals surface area contributed by atoms with E-state index in [-0.39, 0.29) is 6.04 Å². The van der Waals surface area contributed by atoms with Crippen LogP contribution < -0.4 is 9.80 Å². The molecule has 0 fully saturated rings. The molecular weight excluding hydrogens is 324 g/mol. The average Bonchev–Trinajstić information content (AvgIpc) is 3.17. The number of amides is 1. The Labute approximate surface area is 154 Å². The number of benzene rings is 2. The summed E-state index contributed by atoms with van der Waals surface area (Å²) in [5.74, 6) is 0. The summed E-state index contributed by atoms with van der Waals surface area (Å²) in [5.41, 5.74) is 5.24. The molecule has 1 atom stereocenters. The molecule has 0 aliphatic rings. The van der Waals surface area contributed by atoms with Gasteiger partial charge in [-0.25, -0.2) is 4.98 Å². The molecule has 0 saturated heterocycles. The SMILES string of the molecule is Cc1ccc([C@H](C)N(C=O)c2cccc(N(C)C)c2)cc1-n1ccnc1. The number of hydrogen-bond acceptors (Lipinski definition) is 3. The fraction of sp³-hybridized carbons (Fsp3) is 0.238. The zero-order valence-corrected chi connectivity index (χ0v) is 15.6. The van der Waals surface area contributed by atoms with E-state index in [0.29, 0.717) is 0 Å². The van der Waals surface area contributed by atoms with E-state index >= 15 is 0 Å². The van der Waals surface area contributed by atoms with Gasteiger partial charge >= 0.3 is 0 Å². The van der Waals surface area contributed by atoms with Gasteiger partial charge in [0, 0.05) is 43.6 Å². The monoisotopic (exact) mass is 348 g/mol. The fourth-order valence-corrected chi connectivity index (χ4v) is 3.03. The van der Waals surface area contributed by atoms with Gasteiger partial charge in [-0.15, -0.1) is 0 Å². The first kappa shape index (κ1) is 17.7. The third kappa shape index (κ3) is 3.47. The number of carbonyl (C=O) groups is 1. The molecule has 2 aromatic carbocycles. The second-order valence-electron chi connectivity index (χ2n) is 6.62. The van der Waals surface area contributed by atoms with Gasteiger partial charge in [-0.05, 0) is 49.2 Å². The zero-order chi connectivity index (χ0) is 18.7. The van der Waals surface area contributed by atoms with E-state index in [1.54, 1.807) is 17.4 Å². The first-order valence-corrected chi connectivity index (χ1v) is 8.61. The lowest BCUT2D eigenvalue weighted by molar-refractivity contribution is -0.107. The lowest BCUT2D eigenvalue weighted by atomic mass is 10.0. The minimum atomic E-state index is -0.0900. The van der Waals surface area contributed by atoms with Gasteiger partial charge in [0.15, 0.2) is 0 Å². The van der Waals surface area contributed by atoms with E-state index in [0.717, 1.165) is 34.6 Å². The summed E-state index contributed by atoms with van der Waals surface area (Å²) in [5, 5.41) is 0. The van der Waals surface area contributed by atoms with E-state index in [4.69, 9.17) is 0 Å². The largest absolute Gasteiger partial charge is 0.378 e. The van der Waals surface area contributed by atoms with Crippen molar-refractivity contribution in [3.63, 3.8) is 0 Å². The topological polar surface area (TPSA) is 41.4 Å². The Kier molecular flexibility index (Phi) is 5.07. The smallest absolute Gasteiger partial charge is 0.214 e. The third-order valence-corrected chi connectivity index (χ3v) is 4.67. The number of rotatable bonds is 6. The number of imidazole rings is 1. The summed E-state index contributed by atoms with van der Waals surface area (Å²) in [4.78, 5) is 19.8. The molecule has 0 spiro atoms.